The van der Waals surface area contributed by atoms with Crippen molar-refractivity contribution in [3.8, 4) is 0 Å². The lowest BCUT2D eigenvalue weighted by Crippen LogP contribution is -2.21. The Morgan fingerprint density at radius 1 is 1.12 bits per heavy atom. The molecule has 1 unspecified atom stereocenters. The Labute approximate surface area is 103 Å². The third kappa shape index (κ3) is 2.17. The molecule has 17 heavy (non-hydrogen) atoms. The monoisotopic (exact) mass is 228 g/mol. The minimum atomic E-state index is 0.213. The zero-order valence-corrected chi connectivity index (χ0v) is 10.9. The minimum Gasteiger partial charge on any atom is -0.255 e. The van der Waals surface area contributed by atoms with Gasteiger partial charge in [-0.2, -0.15) is 0 Å². The summed E-state index contributed by atoms with van der Waals surface area (Å²) in [6.45, 7) is 6.83. The Hall–Kier alpha value is -1.44. The van der Waals surface area contributed by atoms with Gasteiger partial charge in [0.1, 0.15) is 0 Å². The number of fused-ring (bicyclic) bond motifs is 1. The highest BCUT2D eigenvalue weighted by atomic mass is 14.7. The molecule has 0 aliphatic heterocycles. The third-order valence-electron chi connectivity index (χ3n) is 3.73. The van der Waals surface area contributed by atoms with Crippen LogP contribution in [0.25, 0.3) is 11.0 Å². The summed E-state index contributed by atoms with van der Waals surface area (Å²) in [5.41, 5.74) is 3.62. The van der Waals surface area contributed by atoms with E-state index in [9.17, 15) is 0 Å². The van der Waals surface area contributed by atoms with E-state index in [-0.39, 0.29) is 5.41 Å². The lowest BCUT2D eigenvalue weighted by atomic mass is 9.76. The number of hydrogen-bond acceptors (Lipinski definition) is 2. The molecule has 0 saturated carbocycles. The fraction of sp³-hybridized carbons (Fsp3) is 0.467. The van der Waals surface area contributed by atoms with Gasteiger partial charge in [0.15, 0.2) is 0 Å². The van der Waals surface area contributed by atoms with E-state index in [0.29, 0.717) is 0 Å². The van der Waals surface area contributed by atoms with Crippen LogP contribution in [0.1, 0.15) is 45.6 Å². The zero-order valence-electron chi connectivity index (χ0n) is 10.9. The normalized spacial score (nSPS) is 14.8. The first-order valence-electron chi connectivity index (χ1n) is 6.41. The predicted octanol–water partition coefficient (Wildman–Crippen LogP) is 4.10. The van der Waals surface area contributed by atoms with Crippen molar-refractivity contribution in [2.24, 2.45) is 0 Å². The van der Waals surface area contributed by atoms with E-state index in [1.807, 2.05) is 24.5 Å². The van der Waals surface area contributed by atoms with Gasteiger partial charge in [-0.1, -0.05) is 27.2 Å². The van der Waals surface area contributed by atoms with Gasteiger partial charge in [0.25, 0.3) is 0 Å². The van der Waals surface area contributed by atoms with Gasteiger partial charge in [-0.25, -0.2) is 0 Å². The van der Waals surface area contributed by atoms with Crippen LogP contribution in [0.2, 0.25) is 0 Å². The molecule has 2 aromatic heterocycles. The van der Waals surface area contributed by atoms with Gasteiger partial charge in [0.05, 0.1) is 11.0 Å². The van der Waals surface area contributed by atoms with Crippen molar-refractivity contribution in [3.63, 3.8) is 0 Å². The number of nitrogens with zero attached hydrogens (tertiary/aromatic N) is 2. The highest BCUT2D eigenvalue weighted by Gasteiger charge is 2.26. The first-order valence-corrected chi connectivity index (χ1v) is 6.41. The van der Waals surface area contributed by atoms with E-state index in [2.05, 4.69) is 36.8 Å². The van der Waals surface area contributed by atoms with Crippen LogP contribution in [0, 0.1) is 0 Å². The van der Waals surface area contributed by atoms with Gasteiger partial charge in [0, 0.05) is 12.4 Å². The van der Waals surface area contributed by atoms with Crippen LogP contribution >= 0.6 is 0 Å². The topological polar surface area (TPSA) is 25.8 Å². The number of rotatable bonds is 4. The fourth-order valence-corrected chi connectivity index (χ4v) is 2.52. The average Bonchev–Trinajstić information content (AvgIpc) is 2.38. The molecular formula is C15H20N2. The van der Waals surface area contributed by atoms with E-state index < -0.39 is 0 Å². The Morgan fingerprint density at radius 2 is 1.94 bits per heavy atom. The van der Waals surface area contributed by atoms with Crippen molar-refractivity contribution in [3.05, 3.63) is 36.2 Å². The Kier molecular flexibility index (Phi) is 3.41. The van der Waals surface area contributed by atoms with Crippen molar-refractivity contribution in [1.29, 1.82) is 0 Å². The largest absolute Gasteiger partial charge is 0.255 e. The molecule has 0 spiro atoms. The summed E-state index contributed by atoms with van der Waals surface area (Å²) < 4.78 is 0. The molecule has 0 saturated heterocycles. The van der Waals surface area contributed by atoms with Crippen molar-refractivity contribution in [1.82, 2.24) is 9.97 Å². The Bertz CT molecular complexity index is 502. The lowest BCUT2D eigenvalue weighted by molar-refractivity contribution is 0.416. The quantitative estimate of drug-likeness (QED) is 0.787. The van der Waals surface area contributed by atoms with Crippen LogP contribution < -0.4 is 0 Å². The maximum atomic E-state index is 4.51. The molecule has 1 atom stereocenters. The van der Waals surface area contributed by atoms with E-state index in [4.69, 9.17) is 0 Å². The second-order valence-corrected chi connectivity index (χ2v) is 4.89. The van der Waals surface area contributed by atoms with Crippen LogP contribution in [0.4, 0.5) is 0 Å². The fourth-order valence-electron chi connectivity index (χ4n) is 2.52. The summed E-state index contributed by atoms with van der Waals surface area (Å²) in [5, 5.41) is 0. The van der Waals surface area contributed by atoms with Gasteiger partial charge in [0.2, 0.25) is 0 Å². The molecule has 0 fully saturated rings. The van der Waals surface area contributed by atoms with E-state index in [1.54, 1.807) is 0 Å². The molecule has 2 nitrogen and oxygen atoms in total. The average molecular weight is 228 g/mol. The SMILES string of the molecule is CCCC(C)(CC)c1ccnc2cccnc12. The van der Waals surface area contributed by atoms with E-state index in [1.165, 1.54) is 18.4 Å². The maximum absolute atomic E-state index is 4.51. The molecule has 0 N–H and O–H groups in total. The number of pyridine rings is 2. The smallest absolute Gasteiger partial charge is 0.0924 e. The molecule has 2 heterocycles. The molecular weight excluding hydrogens is 208 g/mol. The predicted molar refractivity (Wildman–Crippen MR) is 72.1 cm³/mol. The van der Waals surface area contributed by atoms with Crippen LogP contribution in [-0.4, -0.2) is 9.97 Å². The molecule has 2 aromatic rings. The first-order chi connectivity index (χ1) is 8.21. The first kappa shape index (κ1) is 12.0. The summed E-state index contributed by atoms with van der Waals surface area (Å²) >= 11 is 0. The van der Waals surface area contributed by atoms with E-state index in [0.717, 1.165) is 17.5 Å². The van der Waals surface area contributed by atoms with Crippen LogP contribution in [-0.2, 0) is 5.41 Å². The summed E-state index contributed by atoms with van der Waals surface area (Å²) in [5.74, 6) is 0. The van der Waals surface area contributed by atoms with Crippen molar-refractivity contribution < 1.29 is 0 Å². The highest BCUT2D eigenvalue weighted by Crippen LogP contribution is 2.35. The zero-order chi connectivity index (χ0) is 12.3. The summed E-state index contributed by atoms with van der Waals surface area (Å²) in [4.78, 5) is 8.90. The van der Waals surface area contributed by atoms with Crippen LogP contribution in [0.3, 0.4) is 0 Å². The Balaban J connectivity index is 2.61. The van der Waals surface area contributed by atoms with E-state index >= 15 is 0 Å². The van der Waals surface area contributed by atoms with Gasteiger partial charge in [-0.3, -0.25) is 9.97 Å². The highest BCUT2D eigenvalue weighted by molar-refractivity contribution is 5.78. The summed E-state index contributed by atoms with van der Waals surface area (Å²) in [6, 6.07) is 6.12. The van der Waals surface area contributed by atoms with Gasteiger partial charge in [-0.05, 0) is 42.0 Å². The number of hydrogen-bond donors (Lipinski definition) is 0. The summed E-state index contributed by atoms with van der Waals surface area (Å²) in [7, 11) is 0. The molecule has 0 aromatic carbocycles. The molecule has 0 amide bonds. The van der Waals surface area contributed by atoms with Crippen molar-refractivity contribution in [2.45, 2.75) is 45.4 Å². The van der Waals surface area contributed by atoms with Crippen molar-refractivity contribution in [2.75, 3.05) is 0 Å². The van der Waals surface area contributed by atoms with Gasteiger partial charge in [-0.15, -0.1) is 0 Å². The molecule has 0 aliphatic carbocycles. The maximum Gasteiger partial charge on any atom is 0.0924 e. The molecule has 0 bridgehead atoms. The molecule has 90 valence electrons. The Morgan fingerprint density at radius 3 is 2.65 bits per heavy atom. The molecule has 0 radical (unpaired) electrons. The molecule has 2 heteroatoms. The molecule has 2 rings (SSSR count). The van der Waals surface area contributed by atoms with Crippen LogP contribution in [0.5, 0.6) is 0 Å². The lowest BCUT2D eigenvalue weighted by Gasteiger charge is -2.29. The van der Waals surface area contributed by atoms with Gasteiger partial charge < -0.3 is 0 Å². The van der Waals surface area contributed by atoms with Gasteiger partial charge >= 0.3 is 0 Å². The number of aromatic nitrogens is 2. The second-order valence-electron chi connectivity index (χ2n) is 4.89. The standard InChI is InChI=1S/C15H20N2/c1-4-9-15(3,5-2)12-8-11-16-13-7-6-10-17-14(12)13/h6-8,10-11H,4-5,9H2,1-3H3. The van der Waals surface area contributed by atoms with Crippen LogP contribution in [0.15, 0.2) is 30.6 Å². The second kappa shape index (κ2) is 4.82. The third-order valence-corrected chi connectivity index (χ3v) is 3.73. The van der Waals surface area contributed by atoms with Crippen molar-refractivity contribution >= 4 is 11.0 Å². The summed E-state index contributed by atoms with van der Waals surface area (Å²) in [6.07, 6.45) is 7.29. The minimum absolute atomic E-state index is 0.213. The molecule has 0 aliphatic rings.